The monoisotopic (exact) mass is 466 g/mol. The van der Waals surface area contributed by atoms with Crippen LogP contribution in [0.1, 0.15) is 43.1 Å². The summed E-state index contributed by atoms with van der Waals surface area (Å²) in [7, 11) is -1.85. The fourth-order valence-corrected chi connectivity index (χ4v) is 6.75. The number of carbonyl (C=O) groups excluding carboxylic acids is 1. The lowest BCUT2D eigenvalue weighted by atomic mass is 9.94. The molecule has 1 aromatic heterocycles. The lowest BCUT2D eigenvalue weighted by Crippen LogP contribution is -2.44. The Hall–Kier alpha value is -2.71. The van der Waals surface area contributed by atoms with Gasteiger partial charge in [0.15, 0.2) is 5.03 Å². The first-order valence-electron chi connectivity index (χ1n) is 11.6. The van der Waals surface area contributed by atoms with Crippen LogP contribution in [-0.4, -0.2) is 52.7 Å². The Morgan fingerprint density at radius 3 is 2.45 bits per heavy atom. The average Bonchev–Trinajstić information content (AvgIpc) is 3.45. The molecule has 1 atom stereocenters. The lowest BCUT2D eigenvalue weighted by molar-refractivity contribution is -0.137. The van der Waals surface area contributed by atoms with Gasteiger partial charge in [-0.3, -0.25) is 4.79 Å². The second-order valence-electron chi connectivity index (χ2n) is 9.17. The van der Waals surface area contributed by atoms with Crippen molar-refractivity contribution in [3.05, 3.63) is 60.0 Å². The maximum atomic E-state index is 13.5. The highest BCUT2D eigenvalue weighted by atomic mass is 32.2. The van der Waals surface area contributed by atoms with Crippen molar-refractivity contribution < 1.29 is 13.2 Å². The molecule has 3 heterocycles. The highest BCUT2D eigenvalue weighted by Crippen LogP contribution is 2.38. The Kier molecular flexibility index (Phi) is 5.74. The van der Waals surface area contributed by atoms with E-state index in [-0.39, 0.29) is 22.9 Å². The number of rotatable bonds is 4. The van der Waals surface area contributed by atoms with Crippen LogP contribution >= 0.6 is 0 Å². The average molecular weight is 467 g/mol. The molecule has 2 aliphatic heterocycles. The third-order valence-corrected chi connectivity index (χ3v) is 8.98. The van der Waals surface area contributed by atoms with Crippen molar-refractivity contribution in [2.45, 2.75) is 43.7 Å². The first-order valence-corrected chi connectivity index (χ1v) is 13.1. The molecule has 0 bridgehead atoms. The van der Waals surface area contributed by atoms with E-state index in [1.165, 1.54) is 20.6 Å². The third kappa shape index (κ3) is 3.95. The van der Waals surface area contributed by atoms with E-state index in [1.807, 2.05) is 17.0 Å². The first kappa shape index (κ1) is 22.1. The molecular formula is C25H30N4O3S. The van der Waals surface area contributed by atoms with E-state index in [9.17, 15) is 13.2 Å². The Morgan fingerprint density at radius 2 is 1.73 bits per heavy atom. The Morgan fingerprint density at radius 1 is 1.00 bits per heavy atom. The largest absolute Gasteiger partial charge is 0.337 e. The molecule has 2 saturated heterocycles. The minimum atomic E-state index is -3.63. The highest BCUT2D eigenvalue weighted by Gasteiger charge is 2.38. The van der Waals surface area contributed by atoms with Crippen molar-refractivity contribution in [1.82, 2.24) is 18.8 Å². The molecule has 5 rings (SSSR count). The van der Waals surface area contributed by atoms with Gasteiger partial charge in [-0.05, 0) is 48.9 Å². The maximum absolute atomic E-state index is 13.5. The lowest BCUT2D eigenvalue weighted by Gasteiger charge is -2.34. The molecule has 0 saturated carbocycles. The number of hydrogen-bond donors (Lipinski definition) is 0. The minimum absolute atomic E-state index is 0.0851. The molecule has 0 aliphatic carbocycles. The Balaban J connectivity index is 1.30. The summed E-state index contributed by atoms with van der Waals surface area (Å²) in [4.78, 5) is 19.8. The number of likely N-dealkylation sites (tertiary alicyclic amines) is 1. The molecule has 2 aliphatic rings. The minimum Gasteiger partial charge on any atom is -0.337 e. The Bertz CT molecular complexity index is 1270. The molecule has 0 spiro atoms. The van der Waals surface area contributed by atoms with Gasteiger partial charge in [0.05, 0.1) is 6.04 Å². The topological polar surface area (TPSA) is 75.5 Å². The molecule has 3 aromatic rings. The van der Waals surface area contributed by atoms with Gasteiger partial charge in [-0.25, -0.2) is 13.4 Å². The zero-order chi connectivity index (χ0) is 23.2. The number of aromatic nitrogens is 2. The number of benzene rings is 2. The van der Waals surface area contributed by atoms with Gasteiger partial charge in [0, 0.05) is 38.8 Å². The van der Waals surface area contributed by atoms with E-state index in [0.29, 0.717) is 31.8 Å². The third-order valence-electron chi connectivity index (χ3n) is 7.21. The van der Waals surface area contributed by atoms with Crippen LogP contribution in [0.2, 0.25) is 0 Å². The van der Waals surface area contributed by atoms with Gasteiger partial charge in [-0.15, -0.1) is 0 Å². The van der Waals surface area contributed by atoms with Crippen LogP contribution in [0, 0.1) is 12.8 Å². The molecule has 0 radical (unpaired) electrons. The van der Waals surface area contributed by atoms with Crippen LogP contribution in [0.5, 0.6) is 0 Å². The molecule has 2 fully saturated rings. The van der Waals surface area contributed by atoms with E-state index in [1.54, 1.807) is 24.7 Å². The molecular weight excluding hydrogens is 436 g/mol. The van der Waals surface area contributed by atoms with Gasteiger partial charge in [-0.2, -0.15) is 4.31 Å². The van der Waals surface area contributed by atoms with E-state index < -0.39 is 10.0 Å². The summed E-state index contributed by atoms with van der Waals surface area (Å²) >= 11 is 0. The highest BCUT2D eigenvalue weighted by molar-refractivity contribution is 7.89. The summed E-state index contributed by atoms with van der Waals surface area (Å²) in [5.74, 6) is 0.681. The number of nitrogens with zero attached hydrogens (tertiary/aromatic N) is 4. The van der Waals surface area contributed by atoms with Crippen molar-refractivity contribution in [2.24, 2.45) is 13.0 Å². The predicted molar refractivity (Wildman–Crippen MR) is 127 cm³/mol. The number of fused-ring (bicyclic) bond motifs is 1. The molecule has 8 heteroatoms. The molecule has 2 aromatic carbocycles. The predicted octanol–water partition coefficient (Wildman–Crippen LogP) is 3.65. The number of hydrogen-bond acceptors (Lipinski definition) is 4. The van der Waals surface area contributed by atoms with Crippen molar-refractivity contribution in [1.29, 1.82) is 0 Å². The summed E-state index contributed by atoms with van der Waals surface area (Å²) in [5, 5.41) is 2.48. The Labute approximate surface area is 195 Å². The summed E-state index contributed by atoms with van der Waals surface area (Å²) in [5.41, 5.74) is 1.21. The van der Waals surface area contributed by atoms with Gasteiger partial charge in [0.25, 0.3) is 10.0 Å². The fraction of sp³-hybridized carbons (Fsp3) is 0.440. The second kappa shape index (κ2) is 8.57. The van der Waals surface area contributed by atoms with E-state index >= 15 is 0 Å². The summed E-state index contributed by atoms with van der Waals surface area (Å²) in [6.07, 6.45) is 4.60. The van der Waals surface area contributed by atoms with E-state index in [0.717, 1.165) is 19.4 Å². The SMILES string of the molecule is Cc1nc(S(=O)(=O)N2CCC(C(=O)N3CCCC3c3cccc4ccccc34)CC2)cn1C. The van der Waals surface area contributed by atoms with Crippen LogP contribution in [0.25, 0.3) is 10.8 Å². The van der Waals surface area contributed by atoms with Gasteiger partial charge in [-0.1, -0.05) is 42.5 Å². The van der Waals surface area contributed by atoms with Crippen LogP contribution < -0.4 is 0 Å². The van der Waals surface area contributed by atoms with Crippen LogP contribution in [0.15, 0.2) is 53.7 Å². The van der Waals surface area contributed by atoms with Gasteiger partial charge in [0.2, 0.25) is 5.91 Å². The standard InChI is InChI=1S/C25H30N4O3S/c1-18-26-24(17-27(18)2)33(31,32)28-15-12-20(13-16-28)25(30)29-14-6-11-23(29)22-10-5-8-19-7-3-4-9-21(19)22/h3-5,7-10,17,20,23H,6,11-16H2,1-2H3. The maximum Gasteiger partial charge on any atom is 0.262 e. The summed E-state index contributed by atoms with van der Waals surface area (Å²) < 4.78 is 29.2. The first-order chi connectivity index (χ1) is 15.9. The quantitative estimate of drug-likeness (QED) is 0.588. The van der Waals surface area contributed by atoms with Crippen LogP contribution in [0.3, 0.4) is 0 Å². The number of piperidine rings is 1. The second-order valence-corrected chi connectivity index (χ2v) is 11.1. The van der Waals surface area contributed by atoms with E-state index in [4.69, 9.17) is 0 Å². The molecule has 7 nitrogen and oxygen atoms in total. The molecule has 174 valence electrons. The fourth-order valence-electron chi connectivity index (χ4n) is 5.26. The van der Waals surface area contributed by atoms with Crippen molar-refractivity contribution in [3.63, 3.8) is 0 Å². The number of carbonyl (C=O) groups is 1. The van der Waals surface area contributed by atoms with Crippen LogP contribution in [0.4, 0.5) is 0 Å². The van der Waals surface area contributed by atoms with Gasteiger partial charge < -0.3 is 9.47 Å². The molecule has 1 unspecified atom stereocenters. The van der Waals surface area contributed by atoms with Gasteiger partial charge >= 0.3 is 0 Å². The number of amides is 1. The van der Waals surface area contributed by atoms with Crippen molar-refractivity contribution in [3.8, 4) is 0 Å². The molecule has 0 N–H and O–H groups in total. The summed E-state index contributed by atoms with van der Waals surface area (Å²) in [6.45, 7) is 3.24. The molecule has 1 amide bonds. The number of imidazole rings is 1. The number of aryl methyl sites for hydroxylation is 2. The molecule has 33 heavy (non-hydrogen) atoms. The van der Waals surface area contributed by atoms with Crippen molar-refractivity contribution in [2.75, 3.05) is 19.6 Å². The summed E-state index contributed by atoms with van der Waals surface area (Å²) in [6, 6.07) is 14.7. The smallest absolute Gasteiger partial charge is 0.262 e. The zero-order valence-electron chi connectivity index (χ0n) is 19.1. The number of sulfonamides is 1. The van der Waals surface area contributed by atoms with Gasteiger partial charge in [0.1, 0.15) is 5.82 Å². The van der Waals surface area contributed by atoms with Crippen molar-refractivity contribution >= 4 is 26.7 Å². The zero-order valence-corrected chi connectivity index (χ0v) is 20.0. The van der Waals surface area contributed by atoms with Crippen LogP contribution in [-0.2, 0) is 21.9 Å². The normalized spacial score (nSPS) is 20.5. The van der Waals surface area contributed by atoms with E-state index in [2.05, 4.69) is 35.3 Å².